The van der Waals surface area contributed by atoms with Crippen molar-refractivity contribution in [1.29, 1.82) is 0 Å². The van der Waals surface area contributed by atoms with Crippen LogP contribution in [0.1, 0.15) is 6.92 Å². The average Bonchev–Trinajstić information content (AvgIpc) is 1.61. The van der Waals surface area contributed by atoms with Crippen molar-refractivity contribution in [2.24, 2.45) is 0 Å². The topological polar surface area (TPSA) is 9.23 Å². The molecule has 0 aliphatic heterocycles. The summed E-state index contributed by atoms with van der Waals surface area (Å²) in [7, 11) is 0. The minimum atomic E-state index is 0.744. The van der Waals surface area contributed by atoms with Crippen molar-refractivity contribution < 1.29 is 4.18 Å². The summed E-state index contributed by atoms with van der Waals surface area (Å²) in [6.45, 7) is 3.51. The van der Waals surface area contributed by atoms with Gasteiger partial charge in [0.15, 0.2) is 0 Å². The second-order valence-electron chi connectivity index (χ2n) is 0.556. The fourth-order valence-electron chi connectivity index (χ4n) is 0.0742. The quantitative estimate of drug-likeness (QED) is 0.337. The van der Waals surface area contributed by atoms with Crippen molar-refractivity contribution in [3.05, 3.63) is 0 Å². The van der Waals surface area contributed by atoms with E-state index in [2.05, 4.69) is 11.8 Å². The first-order valence-electron chi connectivity index (χ1n) is 1.53. The van der Waals surface area contributed by atoms with Gasteiger partial charge in [0.05, 0.1) is 24.8 Å². The van der Waals surface area contributed by atoms with Crippen molar-refractivity contribution in [2.75, 3.05) is 6.61 Å². The van der Waals surface area contributed by atoms with Crippen molar-refractivity contribution >= 4 is 30.0 Å². The lowest BCUT2D eigenvalue weighted by molar-refractivity contribution is 0.408. The Balaban J connectivity index is 2.49. The van der Waals surface area contributed by atoms with Gasteiger partial charge in [-0.3, -0.25) is 0 Å². The first-order chi connectivity index (χ1) is 2.91. The van der Waals surface area contributed by atoms with Crippen molar-refractivity contribution in [1.82, 2.24) is 0 Å². The molecule has 0 fully saturated rings. The van der Waals surface area contributed by atoms with Crippen LogP contribution >= 0.6 is 18.2 Å². The van der Waals surface area contributed by atoms with E-state index in [0.717, 1.165) is 13.2 Å². The number of hydrogen-bond donors (Lipinski definition) is 0. The van der Waals surface area contributed by atoms with Gasteiger partial charge in [-0.15, -0.1) is 0 Å². The van der Waals surface area contributed by atoms with E-state index < -0.39 is 0 Å². The van der Waals surface area contributed by atoms with E-state index in [1.807, 2.05) is 6.92 Å². The smallest absolute Gasteiger partial charge is 0.0739 e. The Kier molecular flexibility index (Phi) is 6.64. The van der Waals surface area contributed by atoms with E-state index in [9.17, 15) is 0 Å². The average molecular weight is 140 g/mol. The second kappa shape index (κ2) is 5.83. The standard InChI is InChI=1S/C2H5OPS2/c1-2-3-6-4-5/h2H2,1H3. The van der Waals surface area contributed by atoms with Crippen molar-refractivity contribution in [3.8, 4) is 0 Å². The van der Waals surface area contributed by atoms with E-state index in [0.29, 0.717) is 0 Å². The van der Waals surface area contributed by atoms with Crippen LogP contribution in [0.2, 0.25) is 0 Å². The third-order valence-electron chi connectivity index (χ3n) is 0.201. The molecule has 0 saturated carbocycles. The Morgan fingerprint density at radius 3 is 2.83 bits per heavy atom. The Bertz CT molecular complexity index is 40.5. The number of hydrogen-bond acceptors (Lipinski definition) is 3. The van der Waals surface area contributed by atoms with Crippen LogP contribution in [-0.2, 0) is 16.0 Å². The van der Waals surface area contributed by atoms with Crippen molar-refractivity contribution in [2.45, 2.75) is 6.92 Å². The van der Waals surface area contributed by atoms with Gasteiger partial charge in [0, 0.05) is 0 Å². The molecule has 6 heavy (non-hydrogen) atoms. The van der Waals surface area contributed by atoms with E-state index in [-0.39, 0.29) is 0 Å². The molecule has 0 aromatic carbocycles. The summed E-state index contributed by atoms with van der Waals surface area (Å²) < 4.78 is 4.78. The molecule has 0 aliphatic rings. The largest absolute Gasteiger partial charge is 0.306 e. The lowest BCUT2D eigenvalue weighted by Crippen LogP contribution is -1.68. The van der Waals surface area contributed by atoms with Gasteiger partial charge < -0.3 is 4.18 Å². The molecule has 0 aliphatic carbocycles. The Hall–Kier alpha value is 0.830. The molecule has 0 spiro atoms. The van der Waals surface area contributed by atoms with Crippen LogP contribution in [0, 0.1) is 0 Å². The molecule has 0 atom stereocenters. The molecular weight excluding hydrogens is 135 g/mol. The van der Waals surface area contributed by atoms with Crippen LogP contribution in [0.3, 0.4) is 0 Å². The lowest BCUT2D eigenvalue weighted by atomic mass is 10.9. The van der Waals surface area contributed by atoms with Gasteiger partial charge in [0.1, 0.15) is 0 Å². The van der Waals surface area contributed by atoms with E-state index in [1.165, 1.54) is 11.7 Å². The summed E-state index contributed by atoms with van der Waals surface area (Å²) in [4.78, 5) is 0. The van der Waals surface area contributed by atoms with Crippen LogP contribution < -0.4 is 0 Å². The fraction of sp³-hybridized carbons (Fsp3) is 1.00. The molecule has 0 rings (SSSR count). The molecule has 0 N–H and O–H groups in total. The van der Waals surface area contributed by atoms with Crippen LogP contribution in [-0.4, -0.2) is 6.61 Å². The summed E-state index contributed by atoms with van der Waals surface area (Å²) >= 11 is 5.82. The van der Waals surface area contributed by atoms with Gasteiger partial charge in [-0.25, -0.2) is 0 Å². The first kappa shape index (κ1) is 6.83. The summed E-state index contributed by atoms with van der Waals surface area (Å²) in [5.74, 6) is 0. The van der Waals surface area contributed by atoms with Crippen LogP contribution in [0.25, 0.3) is 0 Å². The summed E-state index contributed by atoms with van der Waals surface area (Å²) in [6.07, 6.45) is 0. The zero-order valence-corrected chi connectivity index (χ0v) is 5.91. The summed E-state index contributed by atoms with van der Waals surface area (Å²) in [5.41, 5.74) is 0. The van der Waals surface area contributed by atoms with E-state index in [4.69, 9.17) is 4.18 Å². The Labute approximate surface area is 48.2 Å². The summed E-state index contributed by atoms with van der Waals surface area (Å²) in [6, 6.07) is 0. The van der Waals surface area contributed by atoms with Gasteiger partial charge in [-0.1, -0.05) is 0 Å². The van der Waals surface area contributed by atoms with Gasteiger partial charge in [-0.05, 0) is 18.7 Å². The molecule has 0 aromatic rings. The minimum Gasteiger partial charge on any atom is -0.306 e. The van der Waals surface area contributed by atoms with Gasteiger partial charge in [-0.2, -0.15) is 0 Å². The summed E-state index contributed by atoms with van der Waals surface area (Å²) in [5, 5.41) is 0. The molecule has 0 amide bonds. The predicted octanol–water partition coefficient (Wildman–Crippen LogP) is 1.99. The molecule has 1 nitrogen and oxygen atoms in total. The lowest BCUT2D eigenvalue weighted by Gasteiger charge is -1.83. The molecule has 0 bridgehead atoms. The molecule has 4 heteroatoms. The molecular formula is C2H5OPS2. The molecule has 0 aromatic heterocycles. The third-order valence-corrected chi connectivity index (χ3v) is 1.65. The Morgan fingerprint density at radius 2 is 2.67 bits per heavy atom. The zero-order valence-electron chi connectivity index (χ0n) is 3.38. The zero-order chi connectivity index (χ0) is 4.83. The first-order valence-corrected chi connectivity index (χ1v) is 4.78. The third kappa shape index (κ3) is 4.83. The highest BCUT2D eigenvalue weighted by atomic mass is 32.9. The minimum absolute atomic E-state index is 0.744. The normalized spacial score (nSPS) is 9.50. The van der Waals surface area contributed by atoms with E-state index >= 15 is 0 Å². The molecule has 0 unspecified atom stereocenters. The predicted molar refractivity (Wildman–Crippen MR) is 33.5 cm³/mol. The van der Waals surface area contributed by atoms with E-state index in [1.54, 1.807) is 0 Å². The highest BCUT2D eigenvalue weighted by molar-refractivity contribution is 8.55. The highest BCUT2D eigenvalue weighted by Crippen LogP contribution is 2.17. The van der Waals surface area contributed by atoms with Gasteiger partial charge >= 0.3 is 0 Å². The SMILES string of the molecule is CCOSP=S. The maximum Gasteiger partial charge on any atom is 0.0739 e. The molecule has 0 heterocycles. The van der Waals surface area contributed by atoms with Crippen LogP contribution in [0.5, 0.6) is 0 Å². The van der Waals surface area contributed by atoms with Crippen LogP contribution in [0.4, 0.5) is 0 Å². The fourth-order valence-corrected chi connectivity index (χ4v) is 1.06. The maximum atomic E-state index is 4.78. The van der Waals surface area contributed by atoms with Gasteiger partial charge in [0.2, 0.25) is 0 Å². The Morgan fingerprint density at radius 1 is 2.00 bits per heavy atom. The van der Waals surface area contributed by atoms with Crippen molar-refractivity contribution in [3.63, 3.8) is 0 Å². The van der Waals surface area contributed by atoms with Gasteiger partial charge in [0.25, 0.3) is 0 Å². The maximum absolute atomic E-state index is 4.78. The highest BCUT2D eigenvalue weighted by Gasteiger charge is 1.72. The monoisotopic (exact) mass is 140 g/mol. The molecule has 0 saturated heterocycles. The molecule has 36 valence electrons. The second-order valence-corrected chi connectivity index (χ2v) is 3.33. The molecule has 0 radical (unpaired) electrons. The number of rotatable bonds is 3. The van der Waals surface area contributed by atoms with Crippen LogP contribution in [0.15, 0.2) is 0 Å².